The van der Waals surface area contributed by atoms with E-state index in [1.807, 2.05) is 30.3 Å². The van der Waals surface area contributed by atoms with Gasteiger partial charge in [-0.3, -0.25) is 9.69 Å². The predicted octanol–water partition coefficient (Wildman–Crippen LogP) is 1.24. The van der Waals surface area contributed by atoms with Gasteiger partial charge < -0.3 is 14.6 Å². The van der Waals surface area contributed by atoms with Gasteiger partial charge in [0.2, 0.25) is 0 Å². The Labute approximate surface area is 112 Å². The predicted molar refractivity (Wildman–Crippen MR) is 70.4 cm³/mol. The minimum atomic E-state index is -0.798. The van der Waals surface area contributed by atoms with Crippen LogP contribution in [0.3, 0.4) is 0 Å². The van der Waals surface area contributed by atoms with Crippen LogP contribution < -0.4 is 4.74 Å². The zero-order valence-corrected chi connectivity index (χ0v) is 10.8. The average Bonchev–Trinajstić information content (AvgIpc) is 2.45. The van der Waals surface area contributed by atoms with Crippen molar-refractivity contribution in [3.05, 3.63) is 30.3 Å². The third kappa shape index (κ3) is 4.54. The average molecular weight is 265 g/mol. The SMILES string of the molecule is O=C(O)CC(COc1ccccc1)N1CCOCC1. The molecular formula is C14H19NO4. The monoisotopic (exact) mass is 265 g/mol. The van der Waals surface area contributed by atoms with Gasteiger partial charge in [0.1, 0.15) is 12.4 Å². The molecule has 19 heavy (non-hydrogen) atoms. The number of carboxylic acid groups (broad SMARTS) is 1. The van der Waals surface area contributed by atoms with Gasteiger partial charge in [0.25, 0.3) is 0 Å². The van der Waals surface area contributed by atoms with E-state index in [1.54, 1.807) is 0 Å². The van der Waals surface area contributed by atoms with Gasteiger partial charge in [-0.25, -0.2) is 0 Å². The van der Waals surface area contributed by atoms with Crippen LogP contribution in [0.1, 0.15) is 6.42 Å². The molecule has 0 bridgehead atoms. The Bertz CT molecular complexity index is 390. The van der Waals surface area contributed by atoms with Gasteiger partial charge in [0.15, 0.2) is 0 Å². The van der Waals surface area contributed by atoms with E-state index in [-0.39, 0.29) is 12.5 Å². The number of para-hydroxylation sites is 1. The molecular weight excluding hydrogens is 246 g/mol. The van der Waals surface area contributed by atoms with Crippen LogP contribution in [0.25, 0.3) is 0 Å². The number of ether oxygens (including phenoxy) is 2. The van der Waals surface area contributed by atoms with Gasteiger partial charge >= 0.3 is 5.97 Å². The van der Waals surface area contributed by atoms with E-state index in [4.69, 9.17) is 14.6 Å². The van der Waals surface area contributed by atoms with Crippen molar-refractivity contribution >= 4 is 5.97 Å². The molecule has 1 aliphatic heterocycles. The van der Waals surface area contributed by atoms with Crippen molar-refractivity contribution in [3.63, 3.8) is 0 Å². The molecule has 1 heterocycles. The molecule has 1 atom stereocenters. The molecule has 0 saturated carbocycles. The highest BCUT2D eigenvalue weighted by Crippen LogP contribution is 2.13. The molecule has 0 spiro atoms. The minimum Gasteiger partial charge on any atom is -0.492 e. The van der Waals surface area contributed by atoms with E-state index < -0.39 is 5.97 Å². The Balaban J connectivity index is 1.91. The molecule has 5 nitrogen and oxygen atoms in total. The summed E-state index contributed by atoms with van der Waals surface area (Å²) in [5.41, 5.74) is 0. The van der Waals surface area contributed by atoms with Crippen molar-refractivity contribution < 1.29 is 19.4 Å². The second-order valence-corrected chi connectivity index (χ2v) is 4.52. The van der Waals surface area contributed by atoms with Crippen LogP contribution in [0.4, 0.5) is 0 Å². The summed E-state index contributed by atoms with van der Waals surface area (Å²) in [6.45, 7) is 3.21. The van der Waals surface area contributed by atoms with Gasteiger partial charge in [0, 0.05) is 13.1 Å². The number of carbonyl (C=O) groups is 1. The first-order valence-corrected chi connectivity index (χ1v) is 6.47. The Morgan fingerprint density at radius 3 is 2.63 bits per heavy atom. The minimum absolute atomic E-state index is 0.0901. The molecule has 0 radical (unpaired) electrons. The van der Waals surface area contributed by atoms with Crippen LogP contribution in [-0.4, -0.2) is 54.9 Å². The quantitative estimate of drug-likeness (QED) is 0.838. The maximum atomic E-state index is 11.0. The lowest BCUT2D eigenvalue weighted by Crippen LogP contribution is -2.47. The van der Waals surface area contributed by atoms with Gasteiger partial charge in [-0.1, -0.05) is 18.2 Å². The highest BCUT2D eigenvalue weighted by Gasteiger charge is 2.24. The molecule has 5 heteroatoms. The van der Waals surface area contributed by atoms with Gasteiger partial charge in [-0.15, -0.1) is 0 Å². The van der Waals surface area contributed by atoms with Crippen molar-refractivity contribution in [2.24, 2.45) is 0 Å². The summed E-state index contributed by atoms with van der Waals surface area (Å²) in [5, 5.41) is 9.00. The fraction of sp³-hybridized carbons (Fsp3) is 0.500. The summed E-state index contributed by atoms with van der Waals surface area (Å²) in [6.07, 6.45) is 0.0901. The Morgan fingerprint density at radius 2 is 2.00 bits per heavy atom. The van der Waals surface area contributed by atoms with Crippen molar-refractivity contribution in [2.75, 3.05) is 32.9 Å². The molecule has 0 amide bonds. The summed E-state index contributed by atoms with van der Waals surface area (Å²) in [4.78, 5) is 13.1. The topological polar surface area (TPSA) is 59.0 Å². The van der Waals surface area contributed by atoms with E-state index in [1.165, 1.54) is 0 Å². The second kappa shape index (κ2) is 7.11. The maximum absolute atomic E-state index is 11.0. The van der Waals surface area contributed by atoms with Crippen molar-refractivity contribution in [2.45, 2.75) is 12.5 Å². The molecule has 0 aliphatic carbocycles. The number of rotatable bonds is 6. The number of hydrogen-bond donors (Lipinski definition) is 1. The molecule has 1 fully saturated rings. The molecule has 1 aromatic carbocycles. The summed E-state index contributed by atoms with van der Waals surface area (Å²) in [7, 11) is 0. The van der Waals surface area contributed by atoms with Crippen LogP contribution in [0.5, 0.6) is 5.75 Å². The summed E-state index contributed by atoms with van der Waals surface area (Å²) in [6, 6.07) is 9.35. The molecule has 1 N–H and O–H groups in total. The molecule has 1 aliphatic rings. The Hall–Kier alpha value is -1.59. The second-order valence-electron chi connectivity index (χ2n) is 4.52. The van der Waals surface area contributed by atoms with Gasteiger partial charge in [-0.05, 0) is 12.1 Å². The lowest BCUT2D eigenvalue weighted by molar-refractivity contribution is -0.139. The number of carboxylic acids is 1. The molecule has 1 aromatic rings. The first kappa shape index (κ1) is 13.8. The number of nitrogens with zero attached hydrogens (tertiary/aromatic N) is 1. The van der Waals surface area contributed by atoms with Crippen molar-refractivity contribution in [1.82, 2.24) is 4.90 Å². The molecule has 0 aromatic heterocycles. The summed E-state index contributed by atoms with van der Waals surface area (Å²) >= 11 is 0. The zero-order valence-electron chi connectivity index (χ0n) is 10.8. The van der Waals surface area contributed by atoms with Crippen LogP contribution in [0, 0.1) is 0 Å². The van der Waals surface area contributed by atoms with Crippen LogP contribution in [0.2, 0.25) is 0 Å². The van der Waals surface area contributed by atoms with E-state index in [2.05, 4.69) is 4.90 Å². The molecule has 1 saturated heterocycles. The lowest BCUT2D eigenvalue weighted by atomic mass is 10.1. The number of benzene rings is 1. The lowest BCUT2D eigenvalue weighted by Gasteiger charge is -2.33. The third-order valence-corrected chi connectivity index (χ3v) is 3.16. The largest absolute Gasteiger partial charge is 0.492 e. The molecule has 1 unspecified atom stereocenters. The zero-order chi connectivity index (χ0) is 13.5. The van der Waals surface area contributed by atoms with Crippen LogP contribution in [-0.2, 0) is 9.53 Å². The van der Waals surface area contributed by atoms with Crippen molar-refractivity contribution in [3.8, 4) is 5.75 Å². The Kier molecular flexibility index (Phi) is 5.18. The number of aliphatic carboxylic acids is 1. The van der Waals surface area contributed by atoms with Crippen LogP contribution in [0.15, 0.2) is 30.3 Å². The fourth-order valence-corrected chi connectivity index (χ4v) is 2.15. The Morgan fingerprint density at radius 1 is 1.32 bits per heavy atom. The highest BCUT2D eigenvalue weighted by atomic mass is 16.5. The van der Waals surface area contributed by atoms with E-state index in [0.717, 1.165) is 18.8 Å². The van der Waals surface area contributed by atoms with Crippen LogP contribution >= 0.6 is 0 Å². The van der Waals surface area contributed by atoms with E-state index in [9.17, 15) is 4.79 Å². The molecule has 104 valence electrons. The maximum Gasteiger partial charge on any atom is 0.305 e. The van der Waals surface area contributed by atoms with Crippen molar-refractivity contribution in [1.29, 1.82) is 0 Å². The standard InChI is InChI=1S/C14H19NO4/c16-14(17)10-12(15-6-8-18-9-7-15)11-19-13-4-2-1-3-5-13/h1-5,12H,6-11H2,(H,16,17). The molecule has 2 rings (SSSR count). The highest BCUT2D eigenvalue weighted by molar-refractivity contribution is 5.67. The first-order valence-electron chi connectivity index (χ1n) is 6.47. The normalized spacial score (nSPS) is 17.9. The fourth-order valence-electron chi connectivity index (χ4n) is 2.15. The smallest absolute Gasteiger partial charge is 0.305 e. The van der Waals surface area contributed by atoms with Gasteiger partial charge in [-0.2, -0.15) is 0 Å². The first-order chi connectivity index (χ1) is 9.25. The third-order valence-electron chi connectivity index (χ3n) is 3.16. The van der Waals surface area contributed by atoms with Gasteiger partial charge in [0.05, 0.1) is 25.7 Å². The van der Waals surface area contributed by atoms with E-state index >= 15 is 0 Å². The van der Waals surface area contributed by atoms with E-state index in [0.29, 0.717) is 19.8 Å². The number of morpholine rings is 1. The number of hydrogen-bond acceptors (Lipinski definition) is 4. The summed E-state index contributed by atoms with van der Waals surface area (Å²) in [5.74, 6) is -0.0284. The summed E-state index contributed by atoms with van der Waals surface area (Å²) < 4.78 is 11.0.